The molecule has 8 heteroatoms. The van der Waals surface area contributed by atoms with E-state index in [1.54, 1.807) is 18.0 Å². The Morgan fingerprint density at radius 1 is 1.28 bits per heavy atom. The number of hydrogen-bond donors (Lipinski definition) is 1. The molecule has 0 saturated heterocycles. The summed E-state index contributed by atoms with van der Waals surface area (Å²) in [5, 5.41) is 4.00. The molecular formula is C21H29N5O2S. The van der Waals surface area contributed by atoms with Gasteiger partial charge in [0.25, 0.3) is 5.56 Å². The molecule has 3 aromatic heterocycles. The van der Waals surface area contributed by atoms with E-state index in [4.69, 9.17) is 4.74 Å². The van der Waals surface area contributed by atoms with E-state index in [-0.39, 0.29) is 5.56 Å². The number of nitrogens with zero attached hydrogens (tertiary/aromatic N) is 4. The summed E-state index contributed by atoms with van der Waals surface area (Å²) in [7, 11) is 1.65. The molecule has 0 aliphatic carbocycles. The number of nitrogens with one attached hydrogen (secondary N) is 1. The molecule has 0 bridgehead atoms. The third kappa shape index (κ3) is 5.48. The Balaban J connectivity index is 0.000000537. The zero-order valence-corrected chi connectivity index (χ0v) is 18.5. The van der Waals surface area contributed by atoms with Crippen molar-refractivity contribution in [1.82, 2.24) is 19.5 Å². The minimum atomic E-state index is -0.0759. The third-order valence-corrected chi connectivity index (χ3v) is 5.20. The van der Waals surface area contributed by atoms with E-state index in [2.05, 4.69) is 39.3 Å². The maximum atomic E-state index is 12.8. The normalized spacial score (nSPS) is 11.8. The average Bonchev–Trinajstić information content (AvgIpc) is 3.10. The number of aromatic nitrogens is 4. The molecule has 0 unspecified atom stereocenters. The molecule has 0 fully saturated rings. The van der Waals surface area contributed by atoms with Gasteiger partial charge in [-0.15, -0.1) is 11.3 Å². The van der Waals surface area contributed by atoms with Crippen LogP contribution in [0, 0.1) is 0 Å². The largest absolute Gasteiger partial charge is 0.383 e. The van der Waals surface area contributed by atoms with Gasteiger partial charge in [0.05, 0.1) is 12.0 Å². The quantitative estimate of drug-likeness (QED) is 0.445. The highest BCUT2D eigenvalue weighted by Gasteiger charge is 2.16. The van der Waals surface area contributed by atoms with Gasteiger partial charge in [0.1, 0.15) is 33.5 Å². The van der Waals surface area contributed by atoms with Gasteiger partial charge in [-0.25, -0.2) is 15.0 Å². The van der Waals surface area contributed by atoms with E-state index in [1.807, 2.05) is 26.8 Å². The molecule has 3 aromatic rings. The monoisotopic (exact) mass is 415 g/mol. The molecule has 3 rings (SSSR count). The molecule has 1 N–H and O–H groups in total. The number of fused-ring (bicyclic) bond motifs is 3. The SMILES string of the molecule is C/C=C\CC.CC/C=C(\C)n1cnc2c(sc3ncnc(NCCOC)c32)c1=O. The molecule has 29 heavy (non-hydrogen) atoms. The van der Waals surface area contributed by atoms with Crippen LogP contribution >= 0.6 is 11.3 Å². The fourth-order valence-electron chi connectivity index (χ4n) is 2.75. The van der Waals surface area contributed by atoms with E-state index in [0.29, 0.717) is 29.2 Å². The van der Waals surface area contributed by atoms with Gasteiger partial charge in [-0.3, -0.25) is 9.36 Å². The summed E-state index contributed by atoms with van der Waals surface area (Å²) < 4.78 is 7.22. The molecule has 7 nitrogen and oxygen atoms in total. The number of methoxy groups -OCH3 is 1. The van der Waals surface area contributed by atoms with Crippen LogP contribution in [0.25, 0.3) is 26.1 Å². The smallest absolute Gasteiger partial charge is 0.275 e. The molecule has 0 saturated carbocycles. The summed E-state index contributed by atoms with van der Waals surface area (Å²) in [6.45, 7) is 9.28. The maximum Gasteiger partial charge on any atom is 0.275 e. The van der Waals surface area contributed by atoms with E-state index < -0.39 is 0 Å². The zero-order chi connectivity index (χ0) is 21.2. The summed E-state index contributed by atoms with van der Waals surface area (Å²) in [5.41, 5.74) is 1.44. The number of hydrogen-bond acceptors (Lipinski definition) is 7. The Kier molecular flexibility index (Phi) is 8.95. The highest BCUT2D eigenvalue weighted by atomic mass is 32.1. The molecule has 0 radical (unpaired) electrons. The van der Waals surface area contributed by atoms with Gasteiger partial charge in [0, 0.05) is 19.4 Å². The van der Waals surface area contributed by atoms with Crippen molar-refractivity contribution in [2.75, 3.05) is 25.6 Å². The van der Waals surface area contributed by atoms with Gasteiger partial charge in [-0.05, 0) is 26.7 Å². The van der Waals surface area contributed by atoms with Crippen LogP contribution in [0.5, 0.6) is 0 Å². The van der Waals surface area contributed by atoms with Crippen LogP contribution in [0.2, 0.25) is 0 Å². The second kappa shape index (κ2) is 11.4. The third-order valence-electron chi connectivity index (χ3n) is 4.13. The molecular weight excluding hydrogens is 386 g/mol. The van der Waals surface area contributed by atoms with Crippen LogP contribution in [-0.2, 0) is 4.74 Å². The topological polar surface area (TPSA) is 81.9 Å². The lowest BCUT2D eigenvalue weighted by Crippen LogP contribution is -2.17. The molecule has 0 atom stereocenters. The number of rotatable bonds is 7. The minimum absolute atomic E-state index is 0.0759. The molecule has 0 aliphatic heterocycles. The van der Waals surface area contributed by atoms with E-state index in [9.17, 15) is 4.79 Å². The second-order valence-corrected chi connectivity index (χ2v) is 7.25. The van der Waals surface area contributed by atoms with Gasteiger partial charge in [-0.2, -0.15) is 0 Å². The lowest BCUT2D eigenvalue weighted by Gasteiger charge is -2.06. The lowest BCUT2D eigenvalue weighted by molar-refractivity contribution is 0.210. The van der Waals surface area contributed by atoms with Crippen LogP contribution in [0.15, 0.2) is 35.7 Å². The summed E-state index contributed by atoms with van der Waals surface area (Å²) in [6, 6.07) is 0. The van der Waals surface area contributed by atoms with Crippen LogP contribution in [0.1, 0.15) is 40.5 Å². The van der Waals surface area contributed by atoms with Crippen molar-refractivity contribution in [3.8, 4) is 0 Å². The fourth-order valence-corrected chi connectivity index (χ4v) is 3.78. The van der Waals surface area contributed by atoms with Crippen molar-refractivity contribution in [1.29, 1.82) is 0 Å². The first-order valence-corrected chi connectivity index (χ1v) is 10.6. The summed E-state index contributed by atoms with van der Waals surface area (Å²) in [5.74, 6) is 0.675. The summed E-state index contributed by atoms with van der Waals surface area (Å²) in [4.78, 5) is 26.6. The van der Waals surface area contributed by atoms with Gasteiger partial charge >= 0.3 is 0 Å². The number of ether oxygens (including phenoxy) is 1. The van der Waals surface area contributed by atoms with Gasteiger partial charge in [0.15, 0.2) is 0 Å². The molecule has 0 aromatic carbocycles. The minimum Gasteiger partial charge on any atom is -0.383 e. The van der Waals surface area contributed by atoms with Crippen LogP contribution in [0.4, 0.5) is 5.82 Å². The number of allylic oxidation sites excluding steroid dienone is 4. The highest BCUT2D eigenvalue weighted by molar-refractivity contribution is 7.25. The number of anilines is 1. The second-order valence-electron chi connectivity index (χ2n) is 6.25. The van der Waals surface area contributed by atoms with Crippen LogP contribution in [0.3, 0.4) is 0 Å². The molecule has 0 spiro atoms. The van der Waals surface area contributed by atoms with E-state index in [1.165, 1.54) is 17.7 Å². The Hall–Kier alpha value is -2.58. The Bertz CT molecular complexity index is 1050. The van der Waals surface area contributed by atoms with Crippen molar-refractivity contribution in [2.45, 2.75) is 40.5 Å². The maximum absolute atomic E-state index is 12.8. The first-order valence-electron chi connectivity index (χ1n) is 9.74. The first-order chi connectivity index (χ1) is 14.1. The van der Waals surface area contributed by atoms with E-state index in [0.717, 1.165) is 28.8 Å². The number of thiophene rings is 1. The van der Waals surface area contributed by atoms with Crippen molar-refractivity contribution in [3.05, 3.63) is 41.2 Å². The van der Waals surface area contributed by atoms with Crippen molar-refractivity contribution < 1.29 is 4.74 Å². The van der Waals surface area contributed by atoms with Crippen LogP contribution < -0.4 is 10.9 Å². The Labute approximate surface area is 175 Å². The molecule has 3 heterocycles. The zero-order valence-electron chi connectivity index (χ0n) is 17.7. The Morgan fingerprint density at radius 3 is 2.69 bits per heavy atom. The fraction of sp³-hybridized carbons (Fsp3) is 0.429. The molecule has 0 amide bonds. The molecule has 0 aliphatic rings. The van der Waals surface area contributed by atoms with Crippen molar-refractivity contribution in [2.24, 2.45) is 0 Å². The molecule has 156 valence electrons. The lowest BCUT2D eigenvalue weighted by atomic mass is 10.3. The van der Waals surface area contributed by atoms with Gasteiger partial charge in [-0.1, -0.05) is 32.1 Å². The average molecular weight is 416 g/mol. The van der Waals surface area contributed by atoms with Crippen molar-refractivity contribution in [3.63, 3.8) is 0 Å². The highest BCUT2D eigenvalue weighted by Crippen LogP contribution is 2.32. The first kappa shape index (κ1) is 22.7. The van der Waals surface area contributed by atoms with Crippen LogP contribution in [-0.4, -0.2) is 39.8 Å². The summed E-state index contributed by atoms with van der Waals surface area (Å²) in [6.07, 6.45) is 11.3. The Morgan fingerprint density at radius 2 is 2.07 bits per heavy atom. The predicted molar refractivity (Wildman–Crippen MR) is 123 cm³/mol. The van der Waals surface area contributed by atoms with Gasteiger partial charge < -0.3 is 10.1 Å². The predicted octanol–water partition coefficient (Wildman–Crippen LogP) is 4.70. The summed E-state index contributed by atoms with van der Waals surface area (Å²) >= 11 is 1.35. The van der Waals surface area contributed by atoms with E-state index >= 15 is 0 Å². The van der Waals surface area contributed by atoms with Gasteiger partial charge in [0.2, 0.25) is 0 Å². The van der Waals surface area contributed by atoms with Crippen molar-refractivity contribution >= 4 is 43.3 Å². The standard InChI is InChI=1S/C16H19N5O2S.C5H10/c1-4-5-10(2)21-9-20-12-11-14(17-6-7-23-3)18-8-19-15(11)24-13(12)16(21)22;1-3-5-4-2/h5,8-9H,4,6-7H2,1-3H3,(H,17,18,19);3,5H,4H2,1-2H3/b10-5+;5-3-.